The lowest BCUT2D eigenvalue weighted by Crippen LogP contribution is -1.85. The molecule has 3 heteroatoms. The van der Waals surface area contributed by atoms with E-state index in [9.17, 15) is 0 Å². The molecule has 9 aromatic rings. The van der Waals surface area contributed by atoms with E-state index in [1.807, 2.05) is 11.3 Å². The van der Waals surface area contributed by atoms with Gasteiger partial charge in [-0.2, -0.15) is 0 Å². The maximum Gasteiger partial charge on any atom is 0.145 e. The summed E-state index contributed by atoms with van der Waals surface area (Å²) in [5.41, 5.74) is 4.17. The molecule has 8 bridgehead atoms. The lowest BCUT2D eigenvalue weighted by Gasteiger charge is -2.04. The Morgan fingerprint density at radius 3 is 1.90 bits per heavy atom. The van der Waals surface area contributed by atoms with E-state index in [4.69, 9.17) is 4.98 Å². The molecule has 0 aliphatic heterocycles. The first-order valence-electron chi connectivity index (χ1n) is 13.5. The van der Waals surface area contributed by atoms with Crippen LogP contribution < -0.4 is 0 Å². The van der Waals surface area contributed by atoms with Crippen LogP contribution in [0.4, 0.5) is 0 Å². The highest BCUT2D eigenvalue weighted by molar-refractivity contribution is 7.25. The Balaban J connectivity index is 1.62. The van der Waals surface area contributed by atoms with Crippen LogP contribution in [0, 0.1) is 0 Å². The van der Waals surface area contributed by atoms with Gasteiger partial charge in [-0.1, -0.05) is 72.8 Å². The molecule has 0 amide bonds. The van der Waals surface area contributed by atoms with Crippen molar-refractivity contribution in [2.24, 2.45) is 0 Å². The normalized spacial score (nSPS) is 12.0. The Labute approximate surface area is 233 Å². The molecular weight excluding hydrogens is 504 g/mol. The average molecular weight is 527 g/mol. The monoisotopic (exact) mass is 526 g/mol. The van der Waals surface area contributed by atoms with Gasteiger partial charge in [0.1, 0.15) is 5.65 Å². The molecule has 0 saturated carbocycles. The molecule has 0 radical (unpaired) electrons. The second-order valence-electron chi connectivity index (χ2n) is 10.5. The van der Waals surface area contributed by atoms with Crippen LogP contribution in [0.25, 0.3) is 80.1 Å². The van der Waals surface area contributed by atoms with Gasteiger partial charge in [-0.3, -0.25) is 4.40 Å². The summed E-state index contributed by atoms with van der Waals surface area (Å²) in [5, 5.41) is 11.0. The van der Waals surface area contributed by atoms with E-state index in [0.29, 0.717) is 0 Å². The zero-order chi connectivity index (χ0) is 26.2. The standard InChI is InChI=1S/C37H22N2S/c1-2-12-30-26-9-6-10-28(20-26)39-34-14-4-3-13-33(34)38-37(39)27-16-18-36-32(22-27)31-21-24(15-17-35(31)40-36)23-7-5-8-25(19-23)29(30)11-1/h1-22H. The van der Waals surface area contributed by atoms with Crippen molar-refractivity contribution < 1.29 is 0 Å². The van der Waals surface area contributed by atoms with Gasteiger partial charge in [-0.25, -0.2) is 4.98 Å². The third-order valence-corrected chi connectivity index (χ3v) is 9.29. The summed E-state index contributed by atoms with van der Waals surface area (Å²) >= 11 is 1.85. The van der Waals surface area contributed by atoms with Crippen LogP contribution in [-0.2, 0) is 0 Å². The van der Waals surface area contributed by atoms with Gasteiger partial charge < -0.3 is 0 Å². The van der Waals surface area contributed by atoms with E-state index in [0.717, 1.165) is 27.6 Å². The highest BCUT2D eigenvalue weighted by Gasteiger charge is 2.10. The van der Waals surface area contributed by atoms with Crippen LogP contribution in [0.1, 0.15) is 0 Å². The van der Waals surface area contributed by atoms with E-state index < -0.39 is 0 Å². The predicted molar refractivity (Wildman–Crippen MR) is 173 cm³/mol. The summed E-state index contributed by atoms with van der Waals surface area (Å²) in [5.74, 6) is 0. The summed E-state index contributed by atoms with van der Waals surface area (Å²) < 4.78 is 4.92. The fourth-order valence-electron chi connectivity index (χ4n) is 6.24. The van der Waals surface area contributed by atoms with Crippen molar-refractivity contribution in [2.45, 2.75) is 0 Å². The molecule has 186 valence electrons. The number of fused-ring (bicyclic) bond motifs is 15. The smallest absolute Gasteiger partial charge is 0.145 e. The maximum atomic E-state index is 5.18. The van der Waals surface area contributed by atoms with Crippen molar-refractivity contribution in [1.29, 1.82) is 0 Å². The quantitative estimate of drug-likeness (QED) is 0.192. The summed E-state index contributed by atoms with van der Waals surface area (Å²) in [4.78, 5) is 5.18. The topological polar surface area (TPSA) is 17.3 Å². The number of hydrogen-bond acceptors (Lipinski definition) is 2. The number of imidazole rings is 1. The highest BCUT2D eigenvalue weighted by Crippen LogP contribution is 2.37. The summed E-state index contributed by atoms with van der Waals surface area (Å²) in [6.07, 6.45) is 0. The fraction of sp³-hybridized carbons (Fsp3) is 0. The lowest BCUT2D eigenvalue weighted by atomic mass is 10.0. The van der Waals surface area contributed by atoms with Gasteiger partial charge >= 0.3 is 0 Å². The molecule has 3 aromatic heterocycles. The number of para-hydroxylation sites is 2. The van der Waals surface area contributed by atoms with Gasteiger partial charge in [0.05, 0.1) is 11.0 Å². The first-order chi connectivity index (χ1) is 19.8. The Bertz CT molecular complexity index is 2550. The number of benzene rings is 6. The zero-order valence-corrected chi connectivity index (χ0v) is 22.3. The Morgan fingerprint density at radius 1 is 0.450 bits per heavy atom. The van der Waals surface area contributed by atoms with Crippen LogP contribution in [0.15, 0.2) is 133 Å². The zero-order valence-electron chi connectivity index (χ0n) is 21.5. The third kappa shape index (κ3) is 3.19. The molecule has 2 nitrogen and oxygen atoms in total. The van der Waals surface area contributed by atoms with Gasteiger partial charge in [0, 0.05) is 31.1 Å². The van der Waals surface area contributed by atoms with E-state index in [-0.39, 0.29) is 0 Å². The molecular formula is C37H22N2S. The van der Waals surface area contributed by atoms with E-state index >= 15 is 0 Å². The van der Waals surface area contributed by atoms with Crippen molar-refractivity contribution in [3.63, 3.8) is 0 Å². The Morgan fingerprint density at radius 2 is 1.07 bits per heavy atom. The van der Waals surface area contributed by atoms with Crippen LogP contribution in [0.5, 0.6) is 0 Å². The van der Waals surface area contributed by atoms with Gasteiger partial charge in [0.2, 0.25) is 0 Å². The third-order valence-electron chi connectivity index (χ3n) is 8.14. The Kier molecular flexibility index (Phi) is 4.52. The number of aromatic nitrogens is 2. The van der Waals surface area contributed by atoms with E-state index in [2.05, 4.69) is 138 Å². The van der Waals surface area contributed by atoms with Gasteiger partial charge in [-0.15, -0.1) is 11.3 Å². The van der Waals surface area contributed by atoms with Crippen molar-refractivity contribution in [2.75, 3.05) is 0 Å². The minimum Gasteiger partial charge on any atom is -0.292 e. The Hall–Kier alpha value is -4.99. The maximum absolute atomic E-state index is 5.18. The van der Waals surface area contributed by atoms with E-state index in [1.165, 1.54) is 52.5 Å². The molecule has 0 aliphatic carbocycles. The first-order valence-corrected chi connectivity index (χ1v) is 14.4. The first kappa shape index (κ1) is 21.9. The molecule has 6 aromatic carbocycles. The SMILES string of the molecule is c1cc2cc(c1)c1ccccc1c1cccc(c1)n1c3ccccc3nc1c1ccc3sc4ccc2cc4c3c1. The summed E-state index contributed by atoms with van der Waals surface area (Å²) in [6.45, 7) is 0. The number of thiophene rings is 1. The average Bonchev–Trinajstić information content (AvgIpc) is 3.59. The minimum absolute atomic E-state index is 0.960. The van der Waals surface area contributed by atoms with Gasteiger partial charge in [-0.05, 0) is 93.0 Å². The van der Waals surface area contributed by atoms with Crippen molar-refractivity contribution in [1.82, 2.24) is 9.38 Å². The van der Waals surface area contributed by atoms with Crippen LogP contribution in [0.2, 0.25) is 0 Å². The van der Waals surface area contributed by atoms with Crippen LogP contribution >= 0.6 is 11.3 Å². The van der Waals surface area contributed by atoms with Gasteiger partial charge in [0.15, 0.2) is 0 Å². The molecule has 0 fully saturated rings. The number of hydrogen-bond donors (Lipinski definition) is 0. The minimum atomic E-state index is 0.960. The number of rotatable bonds is 0. The molecule has 0 N–H and O–H groups in total. The largest absolute Gasteiger partial charge is 0.292 e. The molecule has 3 heterocycles. The highest BCUT2D eigenvalue weighted by atomic mass is 32.1. The molecule has 0 aliphatic rings. The summed E-state index contributed by atoms with van der Waals surface area (Å²) in [6, 6.07) is 48.7. The number of nitrogens with zero attached hydrogens (tertiary/aromatic N) is 2. The fourth-order valence-corrected chi connectivity index (χ4v) is 7.31. The van der Waals surface area contributed by atoms with Crippen LogP contribution in [0.3, 0.4) is 0 Å². The van der Waals surface area contributed by atoms with Crippen molar-refractivity contribution in [3.8, 4) is 0 Å². The summed E-state index contributed by atoms with van der Waals surface area (Å²) in [7, 11) is 0. The predicted octanol–water partition coefficient (Wildman–Crippen LogP) is 10.6. The van der Waals surface area contributed by atoms with Crippen molar-refractivity contribution >= 4 is 91.4 Å². The van der Waals surface area contributed by atoms with Crippen LogP contribution in [-0.4, -0.2) is 9.38 Å². The molecule has 0 saturated heterocycles. The lowest BCUT2D eigenvalue weighted by molar-refractivity contribution is 1.31. The second kappa shape index (κ2) is 8.25. The van der Waals surface area contributed by atoms with E-state index in [1.54, 1.807) is 0 Å². The molecule has 40 heavy (non-hydrogen) atoms. The molecule has 9 rings (SSSR count). The second-order valence-corrected chi connectivity index (χ2v) is 11.5. The van der Waals surface area contributed by atoms with Gasteiger partial charge in [0.25, 0.3) is 0 Å². The molecule has 0 atom stereocenters. The van der Waals surface area contributed by atoms with Crippen molar-refractivity contribution in [3.05, 3.63) is 133 Å². The molecule has 0 unspecified atom stereocenters. The molecule has 0 spiro atoms.